The largest absolute Gasteiger partial charge is 0.495 e. The topological polar surface area (TPSA) is 48.6 Å². The van der Waals surface area contributed by atoms with Crippen LogP contribution in [0.15, 0.2) is 48.5 Å². The molecule has 0 spiro atoms. The molecule has 1 aromatic heterocycles. The van der Waals surface area contributed by atoms with Crippen LogP contribution in [0, 0.1) is 0 Å². The third kappa shape index (κ3) is 2.16. The Morgan fingerprint density at radius 1 is 1.15 bits per heavy atom. The second-order valence-corrected chi connectivity index (χ2v) is 7.36. The molecule has 2 aliphatic rings. The third-order valence-electron chi connectivity index (χ3n) is 5.66. The first-order valence-corrected chi connectivity index (χ1v) is 9.41. The van der Waals surface area contributed by atoms with Crippen molar-refractivity contribution in [3.05, 3.63) is 59.8 Å². The van der Waals surface area contributed by atoms with Gasteiger partial charge in [0.05, 0.1) is 18.8 Å². The Hall–Kier alpha value is -2.86. The van der Waals surface area contributed by atoms with Crippen molar-refractivity contribution in [2.24, 2.45) is 0 Å². The minimum atomic E-state index is -0.288. The summed E-state index contributed by atoms with van der Waals surface area (Å²) in [6, 6.07) is 15.5. The summed E-state index contributed by atoms with van der Waals surface area (Å²) in [5.74, 6) is 0.650. The number of hydrogen-bond acceptors (Lipinski definition) is 3. The van der Waals surface area contributed by atoms with E-state index in [9.17, 15) is 4.79 Å². The standard InChI is InChI=1S/C21H19N3O2S/c1-12-19-14(13-7-3-4-8-15(13)22-19)11-17-20(25)24(21(27)23(12)17)16-9-5-6-10-18(16)26-2/h3-10,12,17,22H,11H2,1-2H3/t12-,17-/m0/s1. The van der Waals surface area contributed by atoms with E-state index in [0.717, 1.165) is 11.2 Å². The molecule has 0 saturated carbocycles. The summed E-state index contributed by atoms with van der Waals surface area (Å²) in [4.78, 5) is 20.6. The number of thiocarbonyl (C=S) groups is 1. The Morgan fingerprint density at radius 2 is 1.89 bits per heavy atom. The van der Waals surface area contributed by atoms with E-state index in [1.54, 1.807) is 12.0 Å². The third-order valence-corrected chi connectivity index (χ3v) is 6.05. The van der Waals surface area contributed by atoms with Gasteiger partial charge in [-0.15, -0.1) is 0 Å². The van der Waals surface area contributed by atoms with E-state index in [-0.39, 0.29) is 18.0 Å². The van der Waals surface area contributed by atoms with Gasteiger partial charge in [0.25, 0.3) is 5.91 Å². The number of methoxy groups -OCH3 is 1. The fraction of sp³-hybridized carbons (Fsp3) is 0.238. The van der Waals surface area contributed by atoms with Crippen LogP contribution in [0.25, 0.3) is 10.9 Å². The molecule has 1 saturated heterocycles. The van der Waals surface area contributed by atoms with Crippen molar-refractivity contribution in [1.29, 1.82) is 0 Å². The van der Waals surface area contributed by atoms with Crippen molar-refractivity contribution in [2.45, 2.75) is 25.4 Å². The molecule has 2 atom stereocenters. The number of aromatic amines is 1. The fourth-order valence-electron chi connectivity index (χ4n) is 4.40. The van der Waals surface area contributed by atoms with Crippen LogP contribution in [0.5, 0.6) is 5.75 Å². The van der Waals surface area contributed by atoms with E-state index in [0.29, 0.717) is 23.0 Å². The predicted molar refractivity (Wildman–Crippen MR) is 109 cm³/mol. The van der Waals surface area contributed by atoms with Gasteiger partial charge < -0.3 is 14.6 Å². The quantitative estimate of drug-likeness (QED) is 0.690. The number of hydrogen-bond donors (Lipinski definition) is 1. The van der Waals surface area contributed by atoms with Crippen LogP contribution in [0.2, 0.25) is 0 Å². The summed E-state index contributed by atoms with van der Waals surface area (Å²) in [5, 5.41) is 1.72. The number of carbonyl (C=O) groups is 1. The second kappa shape index (κ2) is 5.82. The number of fused-ring (bicyclic) bond motifs is 4. The molecule has 2 aliphatic heterocycles. The molecule has 0 aliphatic carbocycles. The van der Waals surface area contributed by atoms with Crippen molar-refractivity contribution in [3.8, 4) is 5.75 Å². The van der Waals surface area contributed by atoms with E-state index in [2.05, 4.69) is 28.9 Å². The van der Waals surface area contributed by atoms with Crippen molar-refractivity contribution in [1.82, 2.24) is 9.88 Å². The molecular formula is C21H19N3O2S. The van der Waals surface area contributed by atoms with Gasteiger partial charge in [-0.1, -0.05) is 30.3 Å². The van der Waals surface area contributed by atoms with Gasteiger partial charge in [-0.05, 0) is 42.9 Å². The fourth-order valence-corrected chi connectivity index (χ4v) is 4.87. The zero-order valence-electron chi connectivity index (χ0n) is 15.1. The van der Waals surface area contributed by atoms with Crippen molar-refractivity contribution < 1.29 is 9.53 Å². The van der Waals surface area contributed by atoms with Crippen molar-refractivity contribution >= 4 is 39.8 Å². The van der Waals surface area contributed by atoms with Crippen molar-refractivity contribution in [3.63, 3.8) is 0 Å². The molecule has 1 N–H and O–H groups in total. The van der Waals surface area contributed by atoms with E-state index < -0.39 is 0 Å². The normalized spacial score (nSPS) is 21.6. The van der Waals surface area contributed by atoms with Gasteiger partial charge in [0.15, 0.2) is 5.11 Å². The Bertz CT molecular complexity index is 1090. The molecule has 27 heavy (non-hydrogen) atoms. The predicted octanol–water partition coefficient (Wildman–Crippen LogP) is 3.80. The summed E-state index contributed by atoms with van der Waals surface area (Å²) >= 11 is 5.75. The molecule has 1 amide bonds. The molecule has 3 aromatic rings. The van der Waals surface area contributed by atoms with Gasteiger partial charge >= 0.3 is 0 Å². The summed E-state index contributed by atoms with van der Waals surface area (Å²) < 4.78 is 5.46. The highest BCUT2D eigenvalue weighted by Crippen LogP contribution is 2.43. The van der Waals surface area contributed by atoms with Gasteiger partial charge in [-0.25, -0.2) is 0 Å². The highest BCUT2D eigenvalue weighted by Gasteiger charge is 2.49. The number of benzene rings is 2. The van der Waals surface area contributed by atoms with E-state index in [4.69, 9.17) is 17.0 Å². The Balaban J connectivity index is 1.61. The van der Waals surface area contributed by atoms with Crippen LogP contribution < -0.4 is 9.64 Å². The number of rotatable bonds is 2. The van der Waals surface area contributed by atoms with Crippen molar-refractivity contribution in [2.75, 3.05) is 12.0 Å². The Morgan fingerprint density at radius 3 is 2.70 bits per heavy atom. The molecule has 5 rings (SSSR count). The maximum Gasteiger partial charge on any atom is 0.256 e. The first-order chi connectivity index (χ1) is 13.1. The smallest absolute Gasteiger partial charge is 0.256 e. The molecule has 5 nitrogen and oxygen atoms in total. The lowest BCUT2D eigenvalue weighted by atomic mass is 9.93. The Labute approximate surface area is 162 Å². The molecule has 2 aromatic carbocycles. The van der Waals surface area contributed by atoms with E-state index >= 15 is 0 Å². The first-order valence-electron chi connectivity index (χ1n) is 9.00. The van der Waals surface area contributed by atoms with Gasteiger partial charge in [0.1, 0.15) is 11.8 Å². The number of nitrogens with zero attached hydrogens (tertiary/aromatic N) is 2. The number of para-hydroxylation sites is 3. The molecule has 0 bridgehead atoms. The minimum absolute atomic E-state index is 0.00214. The highest BCUT2D eigenvalue weighted by molar-refractivity contribution is 7.80. The number of ether oxygens (including phenoxy) is 1. The van der Waals surface area contributed by atoms with Crippen LogP contribution >= 0.6 is 12.2 Å². The summed E-state index contributed by atoms with van der Waals surface area (Å²) in [7, 11) is 1.61. The molecule has 0 radical (unpaired) electrons. The molecular weight excluding hydrogens is 358 g/mol. The van der Waals surface area contributed by atoms with Crippen LogP contribution in [-0.2, 0) is 11.2 Å². The lowest BCUT2D eigenvalue weighted by molar-refractivity contribution is -0.120. The molecule has 6 heteroatoms. The monoisotopic (exact) mass is 377 g/mol. The highest BCUT2D eigenvalue weighted by atomic mass is 32.1. The maximum atomic E-state index is 13.4. The maximum absolute atomic E-state index is 13.4. The van der Waals surface area contributed by atoms with Crippen LogP contribution in [0.3, 0.4) is 0 Å². The van der Waals surface area contributed by atoms with E-state index in [1.165, 1.54) is 10.9 Å². The average Bonchev–Trinajstić information content (AvgIpc) is 3.18. The number of nitrogens with one attached hydrogen (secondary N) is 1. The van der Waals surface area contributed by atoms with Gasteiger partial charge in [-0.2, -0.15) is 0 Å². The SMILES string of the molecule is COc1ccccc1N1C(=O)[C@@H]2Cc3c([nH]c4ccccc34)[C@H](C)N2C1=S. The van der Waals surface area contributed by atoms with Gasteiger partial charge in [0.2, 0.25) is 0 Å². The first kappa shape index (κ1) is 16.3. The molecule has 0 unspecified atom stereocenters. The van der Waals surface area contributed by atoms with Crippen LogP contribution in [0.1, 0.15) is 24.2 Å². The second-order valence-electron chi connectivity index (χ2n) is 6.99. The summed E-state index contributed by atoms with van der Waals surface area (Å²) in [6.45, 7) is 2.10. The zero-order chi connectivity index (χ0) is 18.7. The van der Waals surface area contributed by atoms with Gasteiger partial charge in [0, 0.05) is 23.0 Å². The average molecular weight is 377 g/mol. The van der Waals surface area contributed by atoms with Crippen LogP contribution in [0.4, 0.5) is 5.69 Å². The number of carbonyl (C=O) groups excluding carboxylic acids is 1. The van der Waals surface area contributed by atoms with E-state index in [1.807, 2.05) is 36.4 Å². The molecule has 3 heterocycles. The Kier molecular flexibility index (Phi) is 3.52. The number of amides is 1. The molecule has 1 fully saturated rings. The van der Waals surface area contributed by atoms with Crippen LogP contribution in [-0.4, -0.2) is 34.1 Å². The number of H-pyrrole nitrogens is 1. The lowest BCUT2D eigenvalue weighted by Gasteiger charge is -2.34. The summed E-state index contributed by atoms with van der Waals surface area (Å²) in [5.41, 5.74) is 4.17. The minimum Gasteiger partial charge on any atom is -0.495 e. The number of anilines is 1. The molecule has 136 valence electrons. The lowest BCUT2D eigenvalue weighted by Crippen LogP contribution is -2.42. The van der Waals surface area contributed by atoms with Gasteiger partial charge in [-0.3, -0.25) is 9.69 Å². The zero-order valence-corrected chi connectivity index (χ0v) is 15.9. The number of aromatic nitrogens is 1. The summed E-state index contributed by atoms with van der Waals surface area (Å²) in [6.07, 6.45) is 0.647.